The summed E-state index contributed by atoms with van der Waals surface area (Å²) in [6.45, 7) is 6.70. The van der Waals surface area contributed by atoms with Crippen molar-refractivity contribution < 1.29 is 0 Å². The number of pyridine rings is 1. The van der Waals surface area contributed by atoms with E-state index in [1.54, 1.807) is 0 Å². The standard InChI is InChI=1S/C16H22N4/c1-12-4-5-16-18-14(10-20(16)7-12)9-19-8-13-3-2-6-17-15(13)11-19/h4-5,7,10,13,15,17H,2-3,6,8-9,11H2,1H3. The molecule has 0 saturated carbocycles. The highest BCUT2D eigenvalue weighted by atomic mass is 15.2. The molecule has 2 aromatic heterocycles. The molecule has 2 saturated heterocycles. The van der Waals surface area contributed by atoms with Gasteiger partial charge in [0.15, 0.2) is 0 Å². The maximum absolute atomic E-state index is 4.74. The second-order valence-corrected chi connectivity index (χ2v) is 6.36. The number of nitrogens with zero attached hydrogens (tertiary/aromatic N) is 3. The fraction of sp³-hybridized carbons (Fsp3) is 0.562. The van der Waals surface area contributed by atoms with Crippen LogP contribution in [-0.4, -0.2) is 40.0 Å². The van der Waals surface area contributed by atoms with E-state index in [2.05, 4.69) is 46.1 Å². The van der Waals surface area contributed by atoms with Crippen molar-refractivity contribution in [2.75, 3.05) is 19.6 Å². The molecule has 0 aliphatic carbocycles. The molecule has 0 bridgehead atoms. The van der Waals surface area contributed by atoms with Crippen molar-refractivity contribution >= 4 is 5.65 Å². The van der Waals surface area contributed by atoms with Gasteiger partial charge in [0, 0.05) is 38.1 Å². The van der Waals surface area contributed by atoms with Crippen molar-refractivity contribution in [3.63, 3.8) is 0 Å². The molecule has 0 spiro atoms. The van der Waals surface area contributed by atoms with Crippen molar-refractivity contribution in [3.05, 3.63) is 35.8 Å². The van der Waals surface area contributed by atoms with Gasteiger partial charge in [-0.25, -0.2) is 4.98 Å². The highest BCUT2D eigenvalue weighted by Gasteiger charge is 2.34. The summed E-state index contributed by atoms with van der Waals surface area (Å²) in [5, 5.41) is 3.66. The van der Waals surface area contributed by atoms with Crippen LogP contribution < -0.4 is 5.32 Å². The van der Waals surface area contributed by atoms with E-state index in [1.807, 2.05) is 0 Å². The number of aryl methyl sites for hydroxylation is 1. The van der Waals surface area contributed by atoms with E-state index >= 15 is 0 Å². The lowest BCUT2D eigenvalue weighted by molar-refractivity contribution is 0.310. The van der Waals surface area contributed by atoms with Crippen molar-refractivity contribution in [2.45, 2.75) is 32.4 Å². The average molecular weight is 270 g/mol. The number of likely N-dealkylation sites (tertiary alicyclic amines) is 1. The molecule has 0 amide bonds. The Labute approximate surface area is 119 Å². The van der Waals surface area contributed by atoms with Gasteiger partial charge in [0.2, 0.25) is 0 Å². The Hall–Kier alpha value is -1.39. The van der Waals surface area contributed by atoms with Gasteiger partial charge in [-0.2, -0.15) is 0 Å². The molecule has 2 fully saturated rings. The Balaban J connectivity index is 1.50. The summed E-state index contributed by atoms with van der Waals surface area (Å²) >= 11 is 0. The molecule has 0 aromatic carbocycles. The van der Waals surface area contributed by atoms with Crippen LogP contribution >= 0.6 is 0 Å². The van der Waals surface area contributed by atoms with Crippen LogP contribution in [0.1, 0.15) is 24.1 Å². The van der Waals surface area contributed by atoms with Gasteiger partial charge in [0.05, 0.1) is 5.69 Å². The first-order chi connectivity index (χ1) is 9.78. The molecule has 106 valence electrons. The number of imidazole rings is 1. The van der Waals surface area contributed by atoms with Crippen LogP contribution in [-0.2, 0) is 6.54 Å². The molecule has 2 aliphatic heterocycles. The Morgan fingerprint density at radius 1 is 1.30 bits per heavy atom. The zero-order chi connectivity index (χ0) is 13.5. The summed E-state index contributed by atoms with van der Waals surface area (Å²) in [6.07, 6.45) is 7.05. The Kier molecular flexibility index (Phi) is 3.00. The molecule has 2 aliphatic rings. The molecule has 2 aromatic rings. The van der Waals surface area contributed by atoms with Gasteiger partial charge >= 0.3 is 0 Å². The summed E-state index contributed by atoms with van der Waals surface area (Å²) in [5.41, 5.74) is 3.52. The normalized spacial score (nSPS) is 27.1. The number of fused-ring (bicyclic) bond motifs is 2. The predicted octanol–water partition coefficient (Wildman–Crippen LogP) is 1.83. The van der Waals surface area contributed by atoms with E-state index < -0.39 is 0 Å². The number of hydrogen-bond acceptors (Lipinski definition) is 3. The first kappa shape index (κ1) is 12.4. The third-order valence-electron chi connectivity index (χ3n) is 4.71. The summed E-state index contributed by atoms with van der Waals surface area (Å²) in [4.78, 5) is 7.29. The highest BCUT2D eigenvalue weighted by Crippen LogP contribution is 2.25. The maximum Gasteiger partial charge on any atom is 0.137 e. The van der Waals surface area contributed by atoms with Crippen molar-refractivity contribution in [2.24, 2.45) is 5.92 Å². The Morgan fingerprint density at radius 3 is 3.15 bits per heavy atom. The fourth-order valence-corrected chi connectivity index (χ4v) is 3.73. The van der Waals surface area contributed by atoms with Gasteiger partial charge in [0.1, 0.15) is 5.65 Å². The van der Waals surface area contributed by atoms with Crippen LogP contribution in [0.4, 0.5) is 0 Å². The van der Waals surface area contributed by atoms with Crippen LogP contribution in [0.3, 0.4) is 0 Å². The minimum Gasteiger partial charge on any atom is -0.312 e. The summed E-state index contributed by atoms with van der Waals surface area (Å²) in [6, 6.07) is 4.94. The second kappa shape index (κ2) is 4.86. The number of nitrogens with one attached hydrogen (secondary N) is 1. The molecule has 4 heteroatoms. The number of rotatable bonds is 2. The minimum atomic E-state index is 0.711. The van der Waals surface area contributed by atoms with Gasteiger partial charge in [-0.1, -0.05) is 6.07 Å². The van der Waals surface area contributed by atoms with Crippen LogP contribution in [0.2, 0.25) is 0 Å². The third-order valence-corrected chi connectivity index (χ3v) is 4.71. The van der Waals surface area contributed by atoms with Crippen molar-refractivity contribution in [3.8, 4) is 0 Å². The summed E-state index contributed by atoms with van der Waals surface area (Å²) < 4.78 is 2.14. The van der Waals surface area contributed by atoms with E-state index in [0.29, 0.717) is 6.04 Å². The van der Waals surface area contributed by atoms with Crippen molar-refractivity contribution in [1.82, 2.24) is 19.6 Å². The molecule has 20 heavy (non-hydrogen) atoms. The minimum absolute atomic E-state index is 0.711. The largest absolute Gasteiger partial charge is 0.312 e. The smallest absolute Gasteiger partial charge is 0.137 e. The van der Waals surface area contributed by atoms with Crippen LogP contribution in [0.15, 0.2) is 24.5 Å². The van der Waals surface area contributed by atoms with E-state index in [0.717, 1.165) is 18.1 Å². The van der Waals surface area contributed by atoms with Crippen LogP contribution in [0.25, 0.3) is 5.65 Å². The monoisotopic (exact) mass is 270 g/mol. The predicted molar refractivity (Wildman–Crippen MR) is 79.7 cm³/mol. The maximum atomic E-state index is 4.74. The first-order valence-electron chi connectivity index (χ1n) is 7.68. The molecular formula is C16H22N4. The molecule has 2 atom stereocenters. The fourth-order valence-electron chi connectivity index (χ4n) is 3.73. The second-order valence-electron chi connectivity index (χ2n) is 6.36. The third kappa shape index (κ3) is 2.23. The average Bonchev–Trinajstić information content (AvgIpc) is 3.00. The zero-order valence-electron chi connectivity index (χ0n) is 12.0. The molecule has 4 nitrogen and oxygen atoms in total. The van der Waals surface area contributed by atoms with Gasteiger partial charge in [-0.15, -0.1) is 0 Å². The lowest BCUT2D eigenvalue weighted by Crippen LogP contribution is -2.40. The van der Waals surface area contributed by atoms with E-state index in [9.17, 15) is 0 Å². The van der Waals surface area contributed by atoms with E-state index in [4.69, 9.17) is 4.98 Å². The number of hydrogen-bond donors (Lipinski definition) is 1. The molecule has 4 rings (SSSR count). The van der Waals surface area contributed by atoms with Crippen LogP contribution in [0, 0.1) is 12.8 Å². The lowest BCUT2D eigenvalue weighted by atomic mass is 9.94. The SMILES string of the molecule is Cc1ccc2nc(CN3CC4CCCNC4C3)cn2c1. The molecule has 4 heterocycles. The Morgan fingerprint density at radius 2 is 2.25 bits per heavy atom. The Bertz CT molecular complexity index is 604. The lowest BCUT2D eigenvalue weighted by Gasteiger charge is -2.24. The highest BCUT2D eigenvalue weighted by molar-refractivity contribution is 5.41. The molecule has 1 N–H and O–H groups in total. The number of piperidine rings is 1. The van der Waals surface area contributed by atoms with Gasteiger partial charge in [-0.05, 0) is 43.9 Å². The number of aromatic nitrogens is 2. The summed E-state index contributed by atoms with van der Waals surface area (Å²) in [7, 11) is 0. The summed E-state index contributed by atoms with van der Waals surface area (Å²) in [5.74, 6) is 0.850. The van der Waals surface area contributed by atoms with Crippen LogP contribution in [0.5, 0.6) is 0 Å². The van der Waals surface area contributed by atoms with Crippen molar-refractivity contribution in [1.29, 1.82) is 0 Å². The van der Waals surface area contributed by atoms with Gasteiger partial charge in [-0.3, -0.25) is 4.90 Å². The molecule has 0 radical (unpaired) electrons. The van der Waals surface area contributed by atoms with E-state index in [-0.39, 0.29) is 0 Å². The topological polar surface area (TPSA) is 32.6 Å². The molecular weight excluding hydrogens is 248 g/mol. The quantitative estimate of drug-likeness (QED) is 0.903. The molecule has 2 unspecified atom stereocenters. The van der Waals surface area contributed by atoms with Gasteiger partial charge < -0.3 is 9.72 Å². The van der Waals surface area contributed by atoms with E-state index in [1.165, 1.54) is 43.7 Å². The van der Waals surface area contributed by atoms with Gasteiger partial charge in [0.25, 0.3) is 0 Å². The first-order valence-corrected chi connectivity index (χ1v) is 7.68. The zero-order valence-corrected chi connectivity index (χ0v) is 12.0.